The molecule has 0 saturated carbocycles. The fraction of sp³-hybridized carbons (Fsp3) is 0.211. The summed E-state index contributed by atoms with van der Waals surface area (Å²) < 4.78 is 5.25. The average Bonchev–Trinajstić information content (AvgIpc) is 2.63. The van der Waals surface area contributed by atoms with E-state index < -0.39 is 0 Å². The van der Waals surface area contributed by atoms with Crippen LogP contribution in [0, 0.1) is 6.92 Å². The predicted octanol–water partition coefficient (Wildman–Crippen LogP) is 3.95. The summed E-state index contributed by atoms with van der Waals surface area (Å²) >= 11 is 1.71. The number of aromatic nitrogens is 3. The van der Waals surface area contributed by atoms with Crippen molar-refractivity contribution < 1.29 is 4.74 Å². The lowest BCUT2D eigenvalue weighted by atomic mass is 10.2. The molecule has 26 heavy (non-hydrogen) atoms. The van der Waals surface area contributed by atoms with Crippen LogP contribution in [0.25, 0.3) is 0 Å². The molecule has 0 radical (unpaired) electrons. The van der Waals surface area contributed by atoms with E-state index >= 15 is 0 Å². The summed E-state index contributed by atoms with van der Waals surface area (Å²) in [4.78, 5) is 12.9. The van der Waals surface area contributed by atoms with Gasteiger partial charge in [-0.3, -0.25) is 0 Å². The van der Waals surface area contributed by atoms with E-state index in [1.165, 1.54) is 5.56 Å². The maximum atomic E-state index is 5.84. The number of benzene rings is 2. The Labute approximate surface area is 157 Å². The first-order chi connectivity index (χ1) is 12.6. The van der Waals surface area contributed by atoms with Gasteiger partial charge in [0.2, 0.25) is 11.9 Å². The highest BCUT2D eigenvalue weighted by Crippen LogP contribution is 2.22. The smallest absolute Gasteiger partial charge is 0.232 e. The van der Waals surface area contributed by atoms with E-state index in [1.54, 1.807) is 18.9 Å². The lowest BCUT2D eigenvalue weighted by Crippen LogP contribution is -2.07. The fourth-order valence-corrected chi connectivity index (χ4v) is 3.24. The van der Waals surface area contributed by atoms with Gasteiger partial charge >= 0.3 is 0 Å². The van der Waals surface area contributed by atoms with Gasteiger partial charge in [0.15, 0.2) is 0 Å². The van der Waals surface area contributed by atoms with E-state index in [0.717, 1.165) is 22.8 Å². The van der Waals surface area contributed by atoms with Crippen LogP contribution in [0.5, 0.6) is 5.75 Å². The molecule has 0 fully saturated rings. The third kappa shape index (κ3) is 4.86. The minimum atomic E-state index is 0.216. The zero-order valence-corrected chi connectivity index (χ0v) is 15.6. The molecule has 3 N–H and O–H groups in total. The Kier molecular flexibility index (Phi) is 5.91. The second-order valence-electron chi connectivity index (χ2n) is 5.72. The van der Waals surface area contributed by atoms with Crippen LogP contribution in [0.15, 0.2) is 48.5 Å². The van der Waals surface area contributed by atoms with Crippen LogP contribution in [0.4, 0.5) is 17.6 Å². The molecule has 3 rings (SSSR count). The number of para-hydroxylation sites is 1. The zero-order valence-electron chi connectivity index (χ0n) is 14.8. The lowest BCUT2D eigenvalue weighted by molar-refractivity contribution is 0.414. The Hall–Kier alpha value is -2.80. The zero-order chi connectivity index (χ0) is 18.4. The third-order valence-electron chi connectivity index (χ3n) is 3.72. The van der Waals surface area contributed by atoms with E-state index in [0.29, 0.717) is 17.5 Å². The van der Waals surface area contributed by atoms with Crippen LogP contribution in [0.1, 0.15) is 17.0 Å². The molecule has 1 heterocycles. The molecular formula is C19H21N5OS. The highest BCUT2D eigenvalue weighted by molar-refractivity contribution is 7.97. The summed E-state index contributed by atoms with van der Waals surface area (Å²) in [6.45, 7) is 2.03. The Morgan fingerprint density at radius 2 is 1.88 bits per heavy atom. The van der Waals surface area contributed by atoms with Crippen LogP contribution in [0.2, 0.25) is 0 Å². The molecule has 134 valence electrons. The van der Waals surface area contributed by atoms with Gasteiger partial charge < -0.3 is 15.8 Å². The Bertz CT molecular complexity index is 887. The van der Waals surface area contributed by atoms with Crippen molar-refractivity contribution in [3.8, 4) is 5.75 Å². The Morgan fingerprint density at radius 3 is 2.69 bits per heavy atom. The summed E-state index contributed by atoms with van der Waals surface area (Å²) in [6, 6.07) is 16.0. The molecule has 7 heteroatoms. The number of hydrogen-bond donors (Lipinski definition) is 2. The van der Waals surface area contributed by atoms with Crippen molar-refractivity contribution in [3.63, 3.8) is 0 Å². The van der Waals surface area contributed by atoms with Crippen molar-refractivity contribution in [2.45, 2.75) is 18.4 Å². The van der Waals surface area contributed by atoms with Gasteiger partial charge in [-0.2, -0.15) is 15.0 Å². The number of aryl methyl sites for hydroxylation is 1. The minimum absolute atomic E-state index is 0.216. The topological polar surface area (TPSA) is 86.0 Å². The van der Waals surface area contributed by atoms with Crippen molar-refractivity contribution in [3.05, 3.63) is 65.5 Å². The van der Waals surface area contributed by atoms with Gasteiger partial charge in [-0.05, 0) is 36.2 Å². The number of methoxy groups -OCH3 is 1. The highest BCUT2D eigenvalue weighted by atomic mass is 32.2. The van der Waals surface area contributed by atoms with Crippen molar-refractivity contribution in [1.82, 2.24) is 15.0 Å². The average molecular weight is 367 g/mol. The molecule has 0 atom stereocenters. The van der Waals surface area contributed by atoms with Gasteiger partial charge in [-0.1, -0.05) is 30.3 Å². The summed E-state index contributed by atoms with van der Waals surface area (Å²) in [6.07, 6.45) is 0. The fourth-order valence-electron chi connectivity index (χ4n) is 2.41. The van der Waals surface area contributed by atoms with Crippen LogP contribution >= 0.6 is 11.8 Å². The first kappa shape index (κ1) is 18.0. The number of ether oxygens (including phenoxy) is 1. The molecule has 0 unspecified atom stereocenters. The molecular weight excluding hydrogens is 346 g/mol. The quantitative estimate of drug-likeness (QED) is 0.654. The molecule has 0 amide bonds. The Balaban J connectivity index is 1.65. The maximum Gasteiger partial charge on any atom is 0.232 e. The van der Waals surface area contributed by atoms with Crippen LogP contribution in [-0.4, -0.2) is 22.1 Å². The second kappa shape index (κ2) is 8.53. The highest BCUT2D eigenvalue weighted by Gasteiger charge is 2.07. The van der Waals surface area contributed by atoms with Gasteiger partial charge in [-0.25, -0.2) is 0 Å². The SMILES string of the molecule is COc1cccc(CSCc2nc(N)nc(Nc3ccccc3C)n2)c1. The molecule has 0 bridgehead atoms. The molecule has 1 aromatic heterocycles. The van der Waals surface area contributed by atoms with Gasteiger partial charge in [0, 0.05) is 11.4 Å². The molecule has 2 aromatic carbocycles. The number of rotatable bonds is 7. The van der Waals surface area contributed by atoms with Crippen LogP contribution in [0.3, 0.4) is 0 Å². The van der Waals surface area contributed by atoms with E-state index in [9.17, 15) is 0 Å². The normalized spacial score (nSPS) is 10.5. The molecule has 6 nitrogen and oxygen atoms in total. The number of nitrogens with zero attached hydrogens (tertiary/aromatic N) is 3. The van der Waals surface area contributed by atoms with E-state index in [-0.39, 0.29) is 5.95 Å². The van der Waals surface area contributed by atoms with E-state index in [1.807, 2.05) is 49.4 Å². The maximum absolute atomic E-state index is 5.84. The molecule has 3 aromatic rings. The van der Waals surface area contributed by atoms with Gasteiger partial charge in [0.05, 0.1) is 12.9 Å². The summed E-state index contributed by atoms with van der Waals surface area (Å²) in [5.41, 5.74) is 9.10. The van der Waals surface area contributed by atoms with Crippen LogP contribution < -0.4 is 15.8 Å². The first-order valence-electron chi connectivity index (χ1n) is 8.18. The monoisotopic (exact) mass is 367 g/mol. The van der Waals surface area contributed by atoms with Gasteiger partial charge in [-0.15, -0.1) is 11.8 Å². The molecule has 0 aliphatic rings. The standard InChI is InChI=1S/C19H21N5OS/c1-13-6-3-4-9-16(13)21-19-23-17(22-18(20)24-19)12-26-11-14-7-5-8-15(10-14)25-2/h3-10H,11-12H2,1-2H3,(H3,20,21,22,23,24). The van der Waals surface area contributed by atoms with Crippen molar-refractivity contribution in [1.29, 1.82) is 0 Å². The predicted molar refractivity (Wildman–Crippen MR) is 107 cm³/mol. The van der Waals surface area contributed by atoms with E-state index in [2.05, 4.69) is 26.3 Å². The van der Waals surface area contributed by atoms with Crippen molar-refractivity contribution in [2.75, 3.05) is 18.2 Å². The number of nitrogen functional groups attached to an aromatic ring is 1. The summed E-state index contributed by atoms with van der Waals surface area (Å²) in [5, 5.41) is 3.21. The number of thioether (sulfide) groups is 1. The van der Waals surface area contributed by atoms with E-state index in [4.69, 9.17) is 10.5 Å². The third-order valence-corrected chi connectivity index (χ3v) is 4.72. The van der Waals surface area contributed by atoms with Gasteiger partial charge in [0.1, 0.15) is 11.6 Å². The molecule has 0 aliphatic heterocycles. The summed E-state index contributed by atoms with van der Waals surface area (Å²) in [7, 11) is 1.67. The van der Waals surface area contributed by atoms with Gasteiger partial charge in [0.25, 0.3) is 0 Å². The second-order valence-corrected chi connectivity index (χ2v) is 6.70. The number of nitrogens with two attached hydrogens (primary N) is 1. The largest absolute Gasteiger partial charge is 0.497 e. The number of anilines is 3. The minimum Gasteiger partial charge on any atom is -0.497 e. The molecule has 0 aliphatic carbocycles. The number of hydrogen-bond acceptors (Lipinski definition) is 7. The van der Waals surface area contributed by atoms with Crippen molar-refractivity contribution in [2.24, 2.45) is 0 Å². The molecule has 0 saturated heterocycles. The first-order valence-corrected chi connectivity index (χ1v) is 9.33. The number of nitrogens with one attached hydrogen (secondary N) is 1. The summed E-state index contributed by atoms with van der Waals surface area (Å²) in [5.74, 6) is 3.67. The van der Waals surface area contributed by atoms with Crippen molar-refractivity contribution >= 4 is 29.3 Å². The Morgan fingerprint density at radius 1 is 1.04 bits per heavy atom. The molecule has 0 spiro atoms. The van der Waals surface area contributed by atoms with Crippen LogP contribution in [-0.2, 0) is 11.5 Å². The lowest BCUT2D eigenvalue weighted by Gasteiger charge is -2.09.